The van der Waals surface area contributed by atoms with Gasteiger partial charge in [-0.2, -0.15) is 0 Å². The number of nitrogens with two attached hydrogens (primary N) is 3. The van der Waals surface area contributed by atoms with Gasteiger partial charge in [0.2, 0.25) is 5.91 Å². The van der Waals surface area contributed by atoms with E-state index in [1.165, 1.54) is 173 Å². The second-order valence-electron chi connectivity index (χ2n) is 32.3. The minimum Gasteiger partial charge on any atom is -0.870 e. The Balaban J connectivity index is 0.000000239. The number of nitrogen functional groups attached to an aromatic ring is 2. The number of rotatable bonds is 21. The zero-order valence-corrected chi connectivity index (χ0v) is 79.6. The van der Waals surface area contributed by atoms with Crippen LogP contribution in [-0.2, 0) is 38.2 Å². The van der Waals surface area contributed by atoms with Crippen LogP contribution in [0, 0.1) is 60.7 Å². The van der Waals surface area contributed by atoms with Gasteiger partial charge >= 0.3 is 54.1 Å². The molecule has 0 aliphatic heterocycles. The summed E-state index contributed by atoms with van der Waals surface area (Å²) in [4.78, 5) is 156. The van der Waals surface area contributed by atoms with E-state index in [-0.39, 0.29) is 95.9 Å². The maximum Gasteiger partial charge on any atom is 1.00 e. The van der Waals surface area contributed by atoms with E-state index >= 15 is 0 Å². The Bertz CT molecular complexity index is 5630. The van der Waals surface area contributed by atoms with Crippen molar-refractivity contribution in [3.05, 3.63) is 221 Å². The molecular weight excluding hydrogens is 1910 g/mol. The molecule has 2 radical (unpaired) electrons. The fourth-order valence-electron chi connectivity index (χ4n) is 17.1. The average Bonchev–Trinajstić information content (AvgIpc) is 0.811. The van der Waals surface area contributed by atoms with Crippen molar-refractivity contribution < 1.29 is 108 Å². The predicted octanol–water partition coefficient (Wildman–Crippen LogP) is 11.4. The Hall–Kier alpha value is -10.2. The number of benzene rings is 5. The number of para-hydroxylation sites is 5. The van der Waals surface area contributed by atoms with Crippen LogP contribution in [-0.4, -0.2) is 133 Å². The monoisotopic (exact) mass is 2020 g/mol. The van der Waals surface area contributed by atoms with Crippen molar-refractivity contribution in [2.45, 2.75) is 223 Å². The molecule has 6 aromatic heterocycles. The number of carbonyl (C=O) groups excluding carboxylic acids is 5. The van der Waals surface area contributed by atoms with Gasteiger partial charge in [-0.1, -0.05) is 221 Å². The van der Waals surface area contributed by atoms with Gasteiger partial charge < -0.3 is 57.0 Å². The molecule has 16 rings (SSSR count). The summed E-state index contributed by atoms with van der Waals surface area (Å²) in [6.07, 6.45) is 40.6. The summed E-state index contributed by atoms with van der Waals surface area (Å²) < 4.78 is 28.2. The van der Waals surface area contributed by atoms with Crippen LogP contribution in [0.1, 0.15) is 221 Å². The summed E-state index contributed by atoms with van der Waals surface area (Å²) in [6, 6.07) is 32.0. The molecule has 31 nitrogen and oxygen atoms in total. The summed E-state index contributed by atoms with van der Waals surface area (Å²) in [5.74, 6) is -0.839. The molecular formula is C93H118BLiN14O17S2U. The molecule has 129 heavy (non-hydrogen) atoms. The number of hydrogen-bond acceptors (Lipinski definition) is 26. The van der Waals surface area contributed by atoms with Gasteiger partial charge in [-0.05, 0) is 124 Å². The maximum absolute atomic E-state index is 13.0. The van der Waals surface area contributed by atoms with Gasteiger partial charge in [0.1, 0.15) is 30.2 Å². The first-order chi connectivity index (χ1) is 61.6. The number of amides is 2. The van der Waals surface area contributed by atoms with Gasteiger partial charge in [0, 0.05) is 68.3 Å². The SMILES string of the molecule is COC(=O)[C@@H](N)CC1CCCCC1.COC(=O)[C@H](CC1CCCCC1)NC(=O)c1ccccc1N.COC(=O)[C@H](CC1CCCCC1)n1cnc2ccccc2c1=O.Nc1nccs1.O=C(Nc1nccs1)[C@H](CC1CCCCC1)n1cnc2ccccc2c1=O.O=C(O)[C@H](CC1CCCCC1)n1cnc2ccccc2c1=O.O=c1[nH]c2ccccc2c(=O)o1.[3H][B].[Li+].[OH-].[U]. The van der Waals surface area contributed by atoms with Crippen molar-refractivity contribution in [1.29, 1.82) is 1.34 Å². The normalized spacial score (nSPS) is 15.8. The number of carboxylic acids is 1. The van der Waals surface area contributed by atoms with Crippen molar-refractivity contribution >= 4 is 126 Å². The molecule has 682 valence electrons. The molecule has 2 amide bonds. The number of hydrogen-bond donors (Lipinski definition) is 7. The third kappa shape index (κ3) is 32.7. The molecule has 11 N–H and O–H groups in total. The molecule has 5 aliphatic rings. The van der Waals surface area contributed by atoms with Crippen LogP contribution < -0.4 is 74.8 Å². The molecule has 0 spiro atoms. The van der Waals surface area contributed by atoms with Crippen LogP contribution in [0.25, 0.3) is 43.6 Å². The first-order valence-corrected chi connectivity index (χ1v) is 45.1. The van der Waals surface area contributed by atoms with Crippen LogP contribution >= 0.6 is 22.7 Å². The second kappa shape index (κ2) is 56.4. The minimum atomic E-state index is -0.954. The van der Waals surface area contributed by atoms with Crippen molar-refractivity contribution in [1.82, 2.24) is 48.9 Å². The summed E-state index contributed by atoms with van der Waals surface area (Å²) in [6.45, 7) is 0. The molecule has 0 saturated heterocycles. The smallest absolute Gasteiger partial charge is 0.870 e. The van der Waals surface area contributed by atoms with Crippen LogP contribution in [0.2, 0.25) is 0 Å². The summed E-state index contributed by atoms with van der Waals surface area (Å²) in [7, 11) is 7.86. The molecule has 5 saturated carbocycles. The van der Waals surface area contributed by atoms with E-state index in [9.17, 15) is 57.8 Å². The standard InChI is InChI=1S/C20H22N4O2S.C18H22N2O3.C17H20N2O3.C17H24N2O3.C10H19NO2.C8H5NO3.C3H4N2S.BH.Li.H2O.U/c25-18(23-20-21-10-11-27-20)17(12-14-6-2-1-3-7-14)24-13-22-16-9-5-4-8-15(16)19(24)26;1-23-18(22)16(11-13-7-3-2-4-8-13)20-12-19-15-10-6-5-9-14(15)17(20)21;20-16-13-8-4-5-9-14(13)18-11-19(16)15(17(21)22)10-12-6-2-1-3-7-12;1-22-17(21)15(11-12-7-3-2-4-8-12)19-16(20)13-9-5-6-10-14(13)18;1-13-10(12)9(11)7-8-5-3-2-4-6-8;10-7-5-3-1-2-4-6(5)9-8(11)12-7;4-3-5-1-2-6-3;;;;/h4-5,8-11,13-14,17H,1-3,6-7,12H2,(H,21,23,25);5-6,9-10,12-13,16H,2-4,7-8,11H2,1H3;4-5,8-9,11-12,15H,1-3,6-7,10H2,(H,21,22);5-6,9-10,12,15H,2-4,7-8,11,18H2,1H3,(H,19,20);8-9H,2-7,11H2,1H3;1-4H,(H,9,11);1-2H,(H2,4,5);1H;;1H2;/q;;;;;;;;+1;;/p-1/t17-;16-;2*15-;9-;;;;;;/m00000....../s1/i;;;;;;;1T;;;. The van der Waals surface area contributed by atoms with Crippen molar-refractivity contribution in [2.24, 2.45) is 35.3 Å². The van der Waals surface area contributed by atoms with E-state index in [1.54, 1.807) is 97.3 Å². The number of nitrogens with one attached hydrogen (secondary N) is 3. The number of esters is 3. The minimum absolute atomic E-state index is 0. The van der Waals surface area contributed by atoms with Gasteiger partial charge in [0.05, 0.1) is 89.5 Å². The van der Waals surface area contributed by atoms with Gasteiger partial charge in [-0.25, -0.2) is 48.9 Å². The van der Waals surface area contributed by atoms with Gasteiger partial charge in [-0.15, -0.1) is 22.7 Å². The van der Waals surface area contributed by atoms with E-state index < -0.39 is 53.5 Å². The number of carbonyl (C=O) groups is 6. The molecule has 5 fully saturated rings. The average molecular weight is 2030 g/mol. The Kier molecular flexibility index (Phi) is 46.3. The topological polar surface area (TPSA) is 476 Å². The molecule has 5 aromatic carbocycles. The third-order valence-corrected chi connectivity index (χ3v) is 25.1. The number of nitrogens with zero attached hydrogens (tertiary/aromatic N) is 8. The molecule has 0 bridgehead atoms. The number of aromatic amines is 1. The molecule has 36 heteroatoms. The van der Waals surface area contributed by atoms with Gasteiger partial charge in [0.25, 0.3) is 22.6 Å². The number of fused-ring (bicyclic) bond motifs is 4. The zero-order chi connectivity index (χ0) is 91.0. The van der Waals surface area contributed by atoms with Crippen LogP contribution in [0.3, 0.4) is 0 Å². The fraction of sp³-hybridized carbons (Fsp3) is 0.462. The Morgan fingerprint density at radius 3 is 1.29 bits per heavy atom. The second-order valence-corrected chi connectivity index (χ2v) is 34.2. The number of anilines is 3. The van der Waals surface area contributed by atoms with Crippen LogP contribution in [0.4, 0.5) is 16.0 Å². The first kappa shape index (κ1) is 106. The van der Waals surface area contributed by atoms with Crippen LogP contribution in [0.5, 0.6) is 0 Å². The zero-order valence-electron chi connectivity index (χ0n) is 74.8. The molecule has 0 unspecified atom stereocenters. The largest absolute Gasteiger partial charge is 1.00 e. The van der Waals surface area contributed by atoms with E-state index in [0.717, 1.165) is 70.6 Å². The predicted molar refractivity (Wildman–Crippen MR) is 494 cm³/mol. The van der Waals surface area contributed by atoms with Crippen molar-refractivity contribution in [2.75, 3.05) is 38.1 Å². The van der Waals surface area contributed by atoms with E-state index in [0.29, 0.717) is 120 Å². The summed E-state index contributed by atoms with van der Waals surface area (Å²) >= 11 is 2.82. The Labute approximate surface area is 795 Å². The maximum atomic E-state index is 13.0. The number of thiazole rings is 2. The summed E-state index contributed by atoms with van der Waals surface area (Å²) in [5.41, 5.74) is 18.7. The van der Waals surface area contributed by atoms with Crippen LogP contribution in [0.15, 0.2) is 192 Å². The quantitative estimate of drug-likeness (QED) is 0.0152. The number of aliphatic carboxylic acids is 1. The number of ether oxygens (including phenoxy) is 3. The molecule has 5 aliphatic carbocycles. The first-order valence-electron chi connectivity index (χ1n) is 43.9. The molecule has 11 aromatic rings. The van der Waals surface area contributed by atoms with Crippen molar-refractivity contribution in [3.8, 4) is 0 Å². The van der Waals surface area contributed by atoms with Crippen molar-refractivity contribution in [3.63, 3.8) is 0 Å². The van der Waals surface area contributed by atoms with Gasteiger partial charge in [-0.3, -0.25) is 47.5 Å². The Morgan fingerprint density at radius 1 is 0.496 bits per heavy atom. The number of H-pyrrole nitrogens is 1. The summed E-state index contributed by atoms with van der Waals surface area (Å²) in [5, 5.41) is 22.0. The van der Waals surface area contributed by atoms with Gasteiger partial charge in [0.15, 0.2) is 10.3 Å². The number of aromatic nitrogens is 9. The third-order valence-electron chi connectivity index (χ3n) is 23.8. The van der Waals surface area contributed by atoms with E-state index in [2.05, 4.69) is 58.1 Å². The van der Waals surface area contributed by atoms with E-state index in [4.69, 9.17) is 28.0 Å². The Morgan fingerprint density at radius 2 is 0.876 bits per heavy atom. The fourth-order valence-corrected chi connectivity index (χ4v) is 18.0. The number of methoxy groups -OCH3 is 3. The number of carboxylic acid groups (broad SMARTS) is 1. The van der Waals surface area contributed by atoms with E-state index in [1.807, 2.05) is 47.2 Å². The molecule has 6 heterocycles. The molecule has 5 atom stereocenters.